The zero-order chi connectivity index (χ0) is 13.7. The largest absolute Gasteiger partial charge is 0.392 e. The lowest BCUT2D eigenvalue weighted by atomic mass is 10.0. The van der Waals surface area contributed by atoms with Crippen molar-refractivity contribution in [2.75, 3.05) is 7.05 Å². The molecule has 0 aliphatic carbocycles. The zero-order valence-electron chi connectivity index (χ0n) is 11.7. The quantitative estimate of drug-likeness (QED) is 0.867. The molecule has 2 rings (SSSR count). The van der Waals surface area contributed by atoms with Crippen LogP contribution >= 0.6 is 11.3 Å². The maximum Gasteiger partial charge on any atom is 0.0576 e. The molecule has 0 bridgehead atoms. The van der Waals surface area contributed by atoms with E-state index in [1.54, 1.807) is 11.3 Å². The van der Waals surface area contributed by atoms with Gasteiger partial charge in [-0.2, -0.15) is 0 Å². The first-order chi connectivity index (χ1) is 9.20. The van der Waals surface area contributed by atoms with Crippen molar-refractivity contribution in [3.05, 3.63) is 63.5 Å². The number of nitrogens with one attached hydrogen (secondary N) is 2. The van der Waals surface area contributed by atoms with Crippen LogP contribution in [0.25, 0.3) is 5.70 Å². The first-order valence-electron chi connectivity index (χ1n) is 6.42. The van der Waals surface area contributed by atoms with Gasteiger partial charge in [-0.1, -0.05) is 18.2 Å². The summed E-state index contributed by atoms with van der Waals surface area (Å²) in [6.45, 7) is 5.15. The van der Waals surface area contributed by atoms with Gasteiger partial charge in [-0.15, -0.1) is 11.3 Å². The number of thiophene rings is 1. The average Bonchev–Trinajstić information content (AvgIpc) is 2.91. The first kappa shape index (κ1) is 13.7. The van der Waals surface area contributed by atoms with Gasteiger partial charge < -0.3 is 10.6 Å². The van der Waals surface area contributed by atoms with E-state index in [2.05, 4.69) is 60.2 Å². The lowest BCUT2D eigenvalue weighted by molar-refractivity contribution is 0.895. The Kier molecular flexibility index (Phi) is 4.63. The number of hydrogen-bond donors (Lipinski definition) is 2. The van der Waals surface area contributed by atoms with Crippen LogP contribution < -0.4 is 10.6 Å². The molecule has 1 heterocycles. The van der Waals surface area contributed by atoms with Crippen LogP contribution in [0.5, 0.6) is 0 Å². The number of aryl methyl sites for hydroxylation is 2. The molecule has 2 aromatic rings. The minimum atomic E-state index is 0.859. The maximum absolute atomic E-state index is 3.50. The van der Waals surface area contributed by atoms with E-state index in [9.17, 15) is 0 Å². The molecule has 1 aromatic carbocycles. The van der Waals surface area contributed by atoms with E-state index in [0.29, 0.717) is 0 Å². The van der Waals surface area contributed by atoms with Crippen molar-refractivity contribution < 1.29 is 0 Å². The van der Waals surface area contributed by atoms with Crippen molar-refractivity contribution in [3.63, 3.8) is 0 Å². The molecule has 1 aromatic heterocycles. The maximum atomic E-state index is 3.50. The molecule has 0 unspecified atom stereocenters. The van der Waals surface area contributed by atoms with E-state index < -0.39 is 0 Å². The fourth-order valence-corrected chi connectivity index (χ4v) is 2.53. The Morgan fingerprint density at radius 3 is 2.68 bits per heavy atom. The minimum absolute atomic E-state index is 0.859. The summed E-state index contributed by atoms with van der Waals surface area (Å²) in [5, 5.41) is 8.71. The molecule has 0 aliphatic rings. The fourth-order valence-electron chi connectivity index (χ4n) is 1.89. The van der Waals surface area contributed by atoms with Crippen molar-refractivity contribution in [3.8, 4) is 0 Å². The topological polar surface area (TPSA) is 24.1 Å². The van der Waals surface area contributed by atoms with Crippen molar-refractivity contribution in [1.82, 2.24) is 10.6 Å². The summed E-state index contributed by atoms with van der Waals surface area (Å²) in [4.78, 5) is 1.34. The Hall–Kier alpha value is -1.74. The highest BCUT2D eigenvalue weighted by Gasteiger charge is 2.03. The van der Waals surface area contributed by atoms with E-state index in [0.717, 1.165) is 12.2 Å². The Morgan fingerprint density at radius 2 is 2.05 bits per heavy atom. The Bertz CT molecular complexity index is 556. The Labute approximate surface area is 119 Å². The second kappa shape index (κ2) is 6.43. The highest BCUT2D eigenvalue weighted by atomic mass is 32.1. The fraction of sp³-hybridized carbons (Fsp3) is 0.250. The SMILES string of the molecule is CN/C=C(\NCc1cccs1)c1ccc(C)c(C)c1. The van der Waals surface area contributed by atoms with E-state index in [4.69, 9.17) is 0 Å². The van der Waals surface area contributed by atoms with E-state index in [1.807, 2.05) is 13.2 Å². The highest BCUT2D eigenvalue weighted by Crippen LogP contribution is 2.17. The van der Waals surface area contributed by atoms with E-state index in [1.165, 1.54) is 21.6 Å². The van der Waals surface area contributed by atoms with Gasteiger partial charge in [-0.3, -0.25) is 0 Å². The van der Waals surface area contributed by atoms with Gasteiger partial charge in [0.15, 0.2) is 0 Å². The molecule has 0 spiro atoms. The van der Waals surface area contributed by atoms with Crippen LogP contribution in [0.3, 0.4) is 0 Å². The summed E-state index contributed by atoms with van der Waals surface area (Å²) in [6.07, 6.45) is 2.01. The molecule has 2 nitrogen and oxygen atoms in total. The summed E-state index contributed by atoms with van der Waals surface area (Å²) < 4.78 is 0. The molecule has 0 amide bonds. The first-order valence-corrected chi connectivity index (χ1v) is 7.30. The molecule has 0 saturated carbocycles. The molecule has 2 N–H and O–H groups in total. The predicted octanol–water partition coefficient (Wildman–Crippen LogP) is 3.67. The van der Waals surface area contributed by atoms with Crippen LogP contribution in [0.2, 0.25) is 0 Å². The third kappa shape index (κ3) is 3.61. The predicted molar refractivity (Wildman–Crippen MR) is 84.1 cm³/mol. The van der Waals surface area contributed by atoms with Gasteiger partial charge in [0, 0.05) is 24.7 Å². The molecule has 3 heteroatoms. The lowest BCUT2D eigenvalue weighted by Gasteiger charge is -2.12. The van der Waals surface area contributed by atoms with E-state index >= 15 is 0 Å². The van der Waals surface area contributed by atoms with Gasteiger partial charge in [-0.25, -0.2) is 0 Å². The van der Waals surface area contributed by atoms with Gasteiger partial charge in [0.1, 0.15) is 0 Å². The highest BCUT2D eigenvalue weighted by molar-refractivity contribution is 7.09. The van der Waals surface area contributed by atoms with Crippen LogP contribution in [0.1, 0.15) is 21.6 Å². The van der Waals surface area contributed by atoms with Gasteiger partial charge in [0.2, 0.25) is 0 Å². The third-order valence-corrected chi connectivity index (χ3v) is 4.02. The summed E-state index contributed by atoms with van der Waals surface area (Å²) in [7, 11) is 1.92. The van der Waals surface area contributed by atoms with Crippen molar-refractivity contribution in [2.24, 2.45) is 0 Å². The van der Waals surface area contributed by atoms with Gasteiger partial charge >= 0.3 is 0 Å². The normalized spacial score (nSPS) is 11.4. The molecular weight excluding hydrogens is 252 g/mol. The molecule has 0 atom stereocenters. The average molecular weight is 272 g/mol. The van der Waals surface area contributed by atoms with Crippen LogP contribution in [-0.2, 0) is 6.54 Å². The summed E-state index contributed by atoms with van der Waals surface area (Å²) in [6, 6.07) is 10.8. The number of rotatable bonds is 5. The summed E-state index contributed by atoms with van der Waals surface area (Å²) >= 11 is 1.77. The third-order valence-electron chi connectivity index (χ3n) is 3.14. The van der Waals surface area contributed by atoms with E-state index in [-0.39, 0.29) is 0 Å². The molecule has 0 saturated heterocycles. The van der Waals surface area contributed by atoms with Gasteiger partial charge in [-0.05, 0) is 48.1 Å². The Balaban J connectivity index is 2.15. The van der Waals surface area contributed by atoms with Crippen LogP contribution in [-0.4, -0.2) is 7.05 Å². The second-order valence-electron chi connectivity index (χ2n) is 4.58. The molecule has 19 heavy (non-hydrogen) atoms. The van der Waals surface area contributed by atoms with Crippen LogP contribution in [0.15, 0.2) is 41.9 Å². The summed E-state index contributed by atoms with van der Waals surface area (Å²) in [5.41, 5.74) is 4.98. The number of benzene rings is 1. The molecule has 0 fully saturated rings. The van der Waals surface area contributed by atoms with Crippen molar-refractivity contribution >= 4 is 17.0 Å². The molecule has 100 valence electrons. The molecule has 0 radical (unpaired) electrons. The van der Waals surface area contributed by atoms with Crippen molar-refractivity contribution in [1.29, 1.82) is 0 Å². The van der Waals surface area contributed by atoms with Crippen LogP contribution in [0.4, 0.5) is 0 Å². The van der Waals surface area contributed by atoms with Crippen LogP contribution in [0, 0.1) is 13.8 Å². The van der Waals surface area contributed by atoms with Gasteiger partial charge in [0.05, 0.1) is 5.70 Å². The standard InChI is InChI=1S/C16H20N2S/c1-12-6-7-14(9-13(12)2)16(11-17-3)18-10-15-5-4-8-19-15/h4-9,11,17-18H,10H2,1-3H3/b16-11-. The Morgan fingerprint density at radius 1 is 1.21 bits per heavy atom. The van der Waals surface area contributed by atoms with Gasteiger partial charge in [0.25, 0.3) is 0 Å². The minimum Gasteiger partial charge on any atom is -0.392 e. The zero-order valence-corrected chi connectivity index (χ0v) is 12.5. The van der Waals surface area contributed by atoms with Crippen molar-refractivity contribution in [2.45, 2.75) is 20.4 Å². The monoisotopic (exact) mass is 272 g/mol. The lowest BCUT2D eigenvalue weighted by Crippen LogP contribution is -2.13. The molecule has 0 aliphatic heterocycles. The summed E-state index contributed by atoms with van der Waals surface area (Å²) in [5.74, 6) is 0. The smallest absolute Gasteiger partial charge is 0.0576 e. The number of hydrogen-bond acceptors (Lipinski definition) is 3. The molecular formula is C16H20N2S. The second-order valence-corrected chi connectivity index (χ2v) is 5.61.